The number of unbranched alkanes of at least 4 members (excludes halogenated alkanes) is 1. The van der Waals surface area contributed by atoms with Gasteiger partial charge in [0.15, 0.2) is 17.5 Å². The Kier molecular flexibility index (Phi) is 7.50. The SMILES string of the molecule is CCCCNC(=NC)NCc1ccc2c(c1)OCO2.I. The molecule has 1 aromatic carbocycles. The van der Waals surface area contributed by atoms with Crippen LogP contribution in [-0.2, 0) is 6.54 Å². The van der Waals surface area contributed by atoms with Crippen LogP contribution in [0.3, 0.4) is 0 Å². The van der Waals surface area contributed by atoms with Crippen LogP contribution in [0.2, 0.25) is 0 Å². The lowest BCUT2D eigenvalue weighted by molar-refractivity contribution is 0.174. The Morgan fingerprint density at radius 1 is 1.25 bits per heavy atom. The van der Waals surface area contributed by atoms with Crippen LogP contribution in [0.5, 0.6) is 11.5 Å². The van der Waals surface area contributed by atoms with Crippen molar-refractivity contribution in [1.82, 2.24) is 10.6 Å². The molecule has 6 heteroatoms. The molecule has 1 aromatic rings. The zero-order valence-electron chi connectivity index (χ0n) is 11.9. The number of nitrogens with zero attached hydrogens (tertiary/aromatic N) is 1. The zero-order valence-corrected chi connectivity index (χ0v) is 14.3. The molecule has 0 radical (unpaired) electrons. The number of ether oxygens (including phenoxy) is 2. The molecule has 1 aliphatic rings. The molecule has 0 aliphatic carbocycles. The van der Waals surface area contributed by atoms with Gasteiger partial charge in [0.05, 0.1) is 0 Å². The quantitative estimate of drug-likeness (QED) is 0.351. The van der Waals surface area contributed by atoms with E-state index in [0.717, 1.165) is 36.0 Å². The largest absolute Gasteiger partial charge is 0.454 e. The number of aliphatic imine (C=N–C) groups is 1. The van der Waals surface area contributed by atoms with Gasteiger partial charge in [-0.05, 0) is 24.1 Å². The Morgan fingerprint density at radius 3 is 2.80 bits per heavy atom. The van der Waals surface area contributed by atoms with Crippen molar-refractivity contribution in [2.45, 2.75) is 26.3 Å². The normalized spacial score (nSPS) is 12.8. The minimum Gasteiger partial charge on any atom is -0.454 e. The summed E-state index contributed by atoms with van der Waals surface area (Å²) in [6, 6.07) is 5.96. The smallest absolute Gasteiger partial charge is 0.231 e. The average Bonchev–Trinajstić information content (AvgIpc) is 2.90. The van der Waals surface area contributed by atoms with Crippen molar-refractivity contribution in [2.24, 2.45) is 4.99 Å². The van der Waals surface area contributed by atoms with Crippen molar-refractivity contribution in [3.8, 4) is 11.5 Å². The molecule has 0 spiro atoms. The van der Waals surface area contributed by atoms with Gasteiger partial charge < -0.3 is 20.1 Å². The van der Waals surface area contributed by atoms with Crippen molar-refractivity contribution in [3.05, 3.63) is 23.8 Å². The van der Waals surface area contributed by atoms with E-state index in [4.69, 9.17) is 9.47 Å². The second kappa shape index (κ2) is 8.89. The highest BCUT2D eigenvalue weighted by Crippen LogP contribution is 2.32. The number of halogens is 1. The summed E-state index contributed by atoms with van der Waals surface area (Å²) in [7, 11) is 1.78. The third-order valence-electron chi connectivity index (χ3n) is 2.94. The molecular weight excluding hydrogens is 369 g/mol. The maximum Gasteiger partial charge on any atom is 0.231 e. The molecule has 0 fully saturated rings. The minimum atomic E-state index is 0. The van der Waals surface area contributed by atoms with E-state index in [0.29, 0.717) is 13.3 Å². The van der Waals surface area contributed by atoms with Gasteiger partial charge in [0, 0.05) is 20.1 Å². The van der Waals surface area contributed by atoms with Gasteiger partial charge in [0.2, 0.25) is 6.79 Å². The highest BCUT2D eigenvalue weighted by atomic mass is 127. The third-order valence-corrected chi connectivity index (χ3v) is 2.94. The highest BCUT2D eigenvalue weighted by molar-refractivity contribution is 14.0. The van der Waals surface area contributed by atoms with Crippen LogP contribution in [-0.4, -0.2) is 26.3 Å². The highest BCUT2D eigenvalue weighted by Gasteiger charge is 2.12. The first-order chi connectivity index (χ1) is 9.33. The van der Waals surface area contributed by atoms with Gasteiger partial charge >= 0.3 is 0 Å². The second-order valence-corrected chi connectivity index (χ2v) is 4.39. The molecule has 1 heterocycles. The van der Waals surface area contributed by atoms with Gasteiger partial charge in [-0.15, -0.1) is 24.0 Å². The van der Waals surface area contributed by atoms with Gasteiger partial charge in [0.25, 0.3) is 0 Å². The van der Waals surface area contributed by atoms with E-state index in [1.165, 1.54) is 6.42 Å². The van der Waals surface area contributed by atoms with Gasteiger partial charge in [0.1, 0.15) is 0 Å². The lowest BCUT2D eigenvalue weighted by atomic mass is 10.2. The molecule has 112 valence electrons. The standard InChI is InChI=1S/C14H21N3O2.HI/c1-3-4-7-16-14(15-2)17-9-11-5-6-12-13(8-11)19-10-18-12;/h5-6,8H,3-4,7,9-10H2,1-2H3,(H2,15,16,17);1H. The second-order valence-electron chi connectivity index (χ2n) is 4.39. The summed E-state index contributed by atoms with van der Waals surface area (Å²) in [5, 5.41) is 6.55. The van der Waals surface area contributed by atoms with E-state index in [1.807, 2.05) is 18.2 Å². The van der Waals surface area contributed by atoms with E-state index >= 15 is 0 Å². The molecule has 2 rings (SSSR count). The fraction of sp³-hybridized carbons (Fsp3) is 0.500. The molecule has 0 amide bonds. The number of rotatable bonds is 5. The van der Waals surface area contributed by atoms with Crippen molar-refractivity contribution >= 4 is 29.9 Å². The molecule has 1 aliphatic heterocycles. The van der Waals surface area contributed by atoms with Gasteiger partial charge in [-0.3, -0.25) is 4.99 Å². The van der Waals surface area contributed by atoms with Crippen LogP contribution in [0.1, 0.15) is 25.3 Å². The molecule has 0 bridgehead atoms. The average molecular weight is 391 g/mol. The summed E-state index contributed by atoms with van der Waals surface area (Å²) in [5.41, 5.74) is 1.14. The van der Waals surface area contributed by atoms with Crippen LogP contribution in [0.4, 0.5) is 0 Å². The monoisotopic (exact) mass is 391 g/mol. The van der Waals surface area contributed by atoms with E-state index in [2.05, 4.69) is 22.5 Å². The first kappa shape index (κ1) is 16.9. The van der Waals surface area contributed by atoms with Crippen LogP contribution < -0.4 is 20.1 Å². The molecule has 2 N–H and O–H groups in total. The minimum absolute atomic E-state index is 0. The number of hydrogen-bond acceptors (Lipinski definition) is 3. The lowest BCUT2D eigenvalue weighted by Gasteiger charge is -2.11. The van der Waals surface area contributed by atoms with Crippen LogP contribution >= 0.6 is 24.0 Å². The first-order valence-electron chi connectivity index (χ1n) is 6.66. The predicted octanol–water partition coefficient (Wildman–Crippen LogP) is 2.50. The Morgan fingerprint density at radius 2 is 2.05 bits per heavy atom. The van der Waals surface area contributed by atoms with Gasteiger partial charge in [-0.25, -0.2) is 0 Å². The van der Waals surface area contributed by atoms with Crippen molar-refractivity contribution in [2.75, 3.05) is 20.4 Å². The summed E-state index contributed by atoms with van der Waals surface area (Å²) in [4.78, 5) is 4.19. The Hall–Kier alpha value is -1.18. The fourth-order valence-corrected chi connectivity index (χ4v) is 1.84. The van der Waals surface area contributed by atoms with E-state index in [-0.39, 0.29) is 24.0 Å². The molecule has 0 unspecified atom stereocenters. The third kappa shape index (κ3) is 4.73. The van der Waals surface area contributed by atoms with Gasteiger partial charge in [-0.2, -0.15) is 0 Å². The predicted molar refractivity (Wildman–Crippen MR) is 91.1 cm³/mol. The van der Waals surface area contributed by atoms with E-state index < -0.39 is 0 Å². The lowest BCUT2D eigenvalue weighted by Crippen LogP contribution is -2.37. The molecule has 0 saturated carbocycles. The summed E-state index contributed by atoms with van der Waals surface area (Å²) in [6.45, 7) is 4.14. The van der Waals surface area contributed by atoms with Crippen LogP contribution in [0.15, 0.2) is 23.2 Å². The fourth-order valence-electron chi connectivity index (χ4n) is 1.84. The topological polar surface area (TPSA) is 54.9 Å². The summed E-state index contributed by atoms with van der Waals surface area (Å²) < 4.78 is 10.6. The Bertz CT molecular complexity index is 452. The summed E-state index contributed by atoms with van der Waals surface area (Å²) >= 11 is 0. The molecule has 0 atom stereocenters. The van der Waals surface area contributed by atoms with E-state index in [9.17, 15) is 0 Å². The number of benzene rings is 1. The van der Waals surface area contributed by atoms with Crippen LogP contribution in [0.25, 0.3) is 0 Å². The first-order valence-corrected chi connectivity index (χ1v) is 6.66. The zero-order chi connectivity index (χ0) is 13.5. The van der Waals surface area contributed by atoms with Crippen molar-refractivity contribution in [1.29, 1.82) is 0 Å². The number of nitrogens with one attached hydrogen (secondary N) is 2. The number of fused-ring (bicyclic) bond motifs is 1. The summed E-state index contributed by atoms with van der Waals surface area (Å²) in [5.74, 6) is 2.45. The molecule has 0 saturated heterocycles. The van der Waals surface area contributed by atoms with Crippen LogP contribution in [0, 0.1) is 0 Å². The van der Waals surface area contributed by atoms with Gasteiger partial charge in [-0.1, -0.05) is 19.4 Å². The number of hydrogen-bond donors (Lipinski definition) is 2. The van der Waals surface area contributed by atoms with E-state index in [1.54, 1.807) is 7.05 Å². The molecule has 5 nitrogen and oxygen atoms in total. The maximum atomic E-state index is 5.36. The van der Waals surface area contributed by atoms with Crippen molar-refractivity contribution in [3.63, 3.8) is 0 Å². The molecular formula is C14H22IN3O2. The Labute approximate surface area is 137 Å². The Balaban J connectivity index is 0.00000200. The number of guanidine groups is 1. The van der Waals surface area contributed by atoms with Crippen molar-refractivity contribution < 1.29 is 9.47 Å². The summed E-state index contributed by atoms with van der Waals surface area (Å²) in [6.07, 6.45) is 2.32. The molecule has 20 heavy (non-hydrogen) atoms. The maximum absolute atomic E-state index is 5.36. The molecule has 0 aromatic heterocycles.